The third-order valence-corrected chi connectivity index (χ3v) is 2.24. The molecule has 1 rings (SSSR count). The minimum Gasteiger partial charge on any atom is -0.383 e. The first kappa shape index (κ1) is 14.3. The normalized spacial score (nSPS) is 10.9. The van der Waals surface area contributed by atoms with Crippen molar-refractivity contribution < 1.29 is 4.74 Å². The predicted octanol–water partition coefficient (Wildman–Crippen LogP) is 1.80. The molecule has 0 saturated heterocycles. The Bertz CT molecular complexity index is 404. The maximum Gasteiger partial charge on any atom is 0.187 e. The summed E-state index contributed by atoms with van der Waals surface area (Å²) < 4.78 is 4.88. The van der Waals surface area contributed by atoms with Crippen LogP contribution in [0, 0.1) is 0 Å². The van der Waals surface area contributed by atoms with Crippen molar-refractivity contribution >= 4 is 29.6 Å². The van der Waals surface area contributed by atoms with Gasteiger partial charge in [0.15, 0.2) is 5.11 Å². The number of thiocarbonyl (C=S) groups is 1. The molecule has 0 aliphatic carbocycles. The van der Waals surface area contributed by atoms with Crippen molar-refractivity contribution in [3.05, 3.63) is 42.0 Å². The van der Waals surface area contributed by atoms with Gasteiger partial charge in [0, 0.05) is 19.9 Å². The summed E-state index contributed by atoms with van der Waals surface area (Å²) in [5.74, 6) is 0. The predicted molar refractivity (Wildman–Crippen MR) is 79.6 cm³/mol. The topological polar surface area (TPSA) is 45.6 Å². The first-order valence-corrected chi connectivity index (χ1v) is 6.01. The summed E-state index contributed by atoms with van der Waals surface area (Å²) >= 11 is 4.99. The molecule has 0 fully saturated rings. The molecule has 0 unspecified atom stereocenters. The van der Waals surface area contributed by atoms with Crippen LogP contribution in [0.15, 0.2) is 41.5 Å². The summed E-state index contributed by atoms with van der Waals surface area (Å²) in [5.41, 5.74) is 3.84. The molecule has 1 aromatic rings. The average Bonchev–Trinajstić information content (AvgIpc) is 2.40. The van der Waals surface area contributed by atoms with Crippen molar-refractivity contribution in [3.8, 4) is 0 Å². The zero-order valence-electron chi connectivity index (χ0n) is 10.3. The molecule has 1 aromatic carbocycles. The number of hydrogen-bond acceptors (Lipinski definition) is 3. The monoisotopic (exact) mass is 263 g/mol. The van der Waals surface area contributed by atoms with E-state index in [2.05, 4.69) is 15.8 Å². The zero-order valence-corrected chi connectivity index (χ0v) is 11.1. The van der Waals surface area contributed by atoms with E-state index in [0.717, 1.165) is 5.56 Å². The summed E-state index contributed by atoms with van der Waals surface area (Å²) in [6.07, 6.45) is 5.46. The summed E-state index contributed by atoms with van der Waals surface area (Å²) in [4.78, 5) is 0. The lowest BCUT2D eigenvalue weighted by atomic mass is 10.2. The number of hydrogen-bond donors (Lipinski definition) is 2. The first-order chi connectivity index (χ1) is 8.83. The highest BCUT2D eigenvalue weighted by Crippen LogP contribution is 1.99. The van der Waals surface area contributed by atoms with E-state index in [1.165, 1.54) is 0 Å². The van der Waals surface area contributed by atoms with Gasteiger partial charge in [0.1, 0.15) is 0 Å². The highest BCUT2D eigenvalue weighted by Gasteiger charge is 1.89. The zero-order chi connectivity index (χ0) is 13.1. The maximum atomic E-state index is 4.99. The number of benzene rings is 1. The van der Waals surface area contributed by atoms with Crippen molar-refractivity contribution in [2.75, 3.05) is 20.3 Å². The van der Waals surface area contributed by atoms with E-state index in [4.69, 9.17) is 17.0 Å². The van der Waals surface area contributed by atoms with E-state index in [1.807, 2.05) is 42.5 Å². The number of methoxy groups -OCH3 is 1. The Morgan fingerprint density at radius 1 is 1.39 bits per heavy atom. The third-order valence-electron chi connectivity index (χ3n) is 2.01. The molecule has 0 spiro atoms. The Balaban J connectivity index is 2.21. The summed E-state index contributed by atoms with van der Waals surface area (Å²) in [5, 5.41) is 7.39. The second kappa shape index (κ2) is 9.32. The van der Waals surface area contributed by atoms with Crippen molar-refractivity contribution in [2.24, 2.45) is 5.10 Å². The van der Waals surface area contributed by atoms with E-state index in [0.29, 0.717) is 18.3 Å². The molecule has 0 aliphatic rings. The Labute approximate surface area is 113 Å². The molecule has 96 valence electrons. The molecule has 0 atom stereocenters. The van der Waals surface area contributed by atoms with Crippen LogP contribution >= 0.6 is 12.2 Å². The largest absolute Gasteiger partial charge is 0.383 e. The van der Waals surface area contributed by atoms with Gasteiger partial charge in [-0.2, -0.15) is 5.10 Å². The quantitative estimate of drug-likeness (QED) is 0.355. The van der Waals surface area contributed by atoms with Crippen molar-refractivity contribution in [1.82, 2.24) is 10.7 Å². The summed E-state index contributed by atoms with van der Waals surface area (Å²) in [7, 11) is 1.64. The van der Waals surface area contributed by atoms with Gasteiger partial charge in [-0.25, -0.2) is 0 Å². The van der Waals surface area contributed by atoms with Gasteiger partial charge in [-0.05, 0) is 23.9 Å². The van der Waals surface area contributed by atoms with Gasteiger partial charge in [-0.15, -0.1) is 0 Å². The number of nitrogens with zero attached hydrogens (tertiary/aromatic N) is 1. The molecule has 18 heavy (non-hydrogen) atoms. The van der Waals surface area contributed by atoms with Crippen LogP contribution in [0.3, 0.4) is 0 Å². The van der Waals surface area contributed by atoms with Gasteiger partial charge >= 0.3 is 0 Å². The summed E-state index contributed by atoms with van der Waals surface area (Å²) in [6.45, 7) is 1.27. The van der Waals surface area contributed by atoms with Gasteiger partial charge in [-0.3, -0.25) is 5.43 Å². The lowest BCUT2D eigenvalue weighted by molar-refractivity contribution is 0.204. The lowest BCUT2D eigenvalue weighted by Gasteiger charge is -2.04. The van der Waals surface area contributed by atoms with Gasteiger partial charge in [0.25, 0.3) is 0 Å². The van der Waals surface area contributed by atoms with Crippen LogP contribution in [0.1, 0.15) is 5.56 Å². The molecule has 0 radical (unpaired) electrons. The Morgan fingerprint density at radius 3 is 2.89 bits per heavy atom. The molecule has 0 bridgehead atoms. The van der Waals surface area contributed by atoms with E-state index in [9.17, 15) is 0 Å². The molecule has 0 aliphatic heterocycles. The Hall–Kier alpha value is -1.72. The van der Waals surface area contributed by atoms with Gasteiger partial charge in [0.2, 0.25) is 0 Å². The highest BCUT2D eigenvalue weighted by molar-refractivity contribution is 7.80. The Kier molecular flexibility index (Phi) is 7.43. The minimum atomic E-state index is 0.483. The number of rotatable bonds is 6. The lowest BCUT2D eigenvalue weighted by Crippen LogP contribution is -2.34. The van der Waals surface area contributed by atoms with Crippen LogP contribution in [0.5, 0.6) is 0 Å². The average molecular weight is 263 g/mol. The van der Waals surface area contributed by atoms with Crippen LogP contribution in [-0.4, -0.2) is 31.6 Å². The molecule has 0 heterocycles. The first-order valence-electron chi connectivity index (χ1n) is 5.60. The minimum absolute atomic E-state index is 0.483. The van der Waals surface area contributed by atoms with Crippen molar-refractivity contribution in [2.45, 2.75) is 0 Å². The molecule has 4 nitrogen and oxygen atoms in total. The number of allylic oxidation sites excluding steroid dienone is 1. The van der Waals surface area contributed by atoms with E-state index >= 15 is 0 Å². The van der Waals surface area contributed by atoms with E-state index < -0.39 is 0 Å². The second-order valence-corrected chi connectivity index (χ2v) is 3.82. The van der Waals surface area contributed by atoms with Gasteiger partial charge in [0.05, 0.1) is 6.61 Å². The molecule has 0 aromatic heterocycles. The number of ether oxygens (including phenoxy) is 1. The van der Waals surface area contributed by atoms with Crippen LogP contribution in [0.25, 0.3) is 6.08 Å². The molecule has 0 saturated carbocycles. The SMILES string of the molecule is COCCNC(=S)NN=CC=Cc1ccccc1. The smallest absolute Gasteiger partial charge is 0.187 e. The fourth-order valence-electron chi connectivity index (χ4n) is 1.16. The van der Waals surface area contributed by atoms with Crippen molar-refractivity contribution in [1.29, 1.82) is 0 Å². The van der Waals surface area contributed by atoms with Gasteiger partial charge in [-0.1, -0.05) is 36.4 Å². The van der Waals surface area contributed by atoms with Crippen molar-refractivity contribution in [3.63, 3.8) is 0 Å². The Morgan fingerprint density at radius 2 is 2.17 bits per heavy atom. The van der Waals surface area contributed by atoms with E-state index in [1.54, 1.807) is 13.3 Å². The van der Waals surface area contributed by atoms with Crippen LogP contribution < -0.4 is 10.7 Å². The summed E-state index contributed by atoms with van der Waals surface area (Å²) in [6, 6.07) is 10.0. The maximum absolute atomic E-state index is 4.99. The molecule has 5 heteroatoms. The fraction of sp³-hybridized carbons (Fsp3) is 0.231. The standard InChI is InChI=1S/C13H17N3OS/c1-17-11-10-14-13(18)16-15-9-5-8-12-6-3-2-4-7-12/h2-9H,10-11H2,1H3,(H2,14,16,18). The molecule has 2 N–H and O–H groups in total. The third kappa shape index (κ3) is 6.78. The fourth-order valence-corrected chi connectivity index (χ4v) is 1.32. The van der Waals surface area contributed by atoms with Crippen LogP contribution in [-0.2, 0) is 4.74 Å². The highest BCUT2D eigenvalue weighted by atomic mass is 32.1. The van der Waals surface area contributed by atoms with Gasteiger partial charge < -0.3 is 10.1 Å². The number of hydrazone groups is 1. The van der Waals surface area contributed by atoms with Crippen LogP contribution in [0.4, 0.5) is 0 Å². The molecular weight excluding hydrogens is 246 g/mol. The van der Waals surface area contributed by atoms with E-state index in [-0.39, 0.29) is 0 Å². The number of nitrogens with one attached hydrogen (secondary N) is 2. The molecule has 0 amide bonds. The second-order valence-electron chi connectivity index (χ2n) is 3.41. The van der Waals surface area contributed by atoms with Crippen LogP contribution in [0.2, 0.25) is 0 Å². The molecular formula is C13H17N3OS.